The lowest BCUT2D eigenvalue weighted by atomic mass is 9.91. The zero-order valence-electron chi connectivity index (χ0n) is 30.1. The van der Waals surface area contributed by atoms with E-state index in [1.165, 1.54) is 14.2 Å². The van der Waals surface area contributed by atoms with Gasteiger partial charge in [-0.1, -0.05) is 112 Å². The number of carbonyl (C=O) groups is 4. The molecule has 6 aromatic carbocycles. The minimum atomic E-state index is -0.467. The molecule has 6 rings (SSSR count). The van der Waals surface area contributed by atoms with E-state index in [2.05, 4.69) is 36.8 Å². The van der Waals surface area contributed by atoms with Crippen molar-refractivity contribution < 1.29 is 28.7 Å². The fraction of sp³-hybridized carbons (Fsp3) is 0.111. The third-order valence-electron chi connectivity index (χ3n) is 8.49. The molecule has 0 radical (unpaired) electrons. The molecule has 0 spiro atoms. The van der Waals surface area contributed by atoms with E-state index in [0.29, 0.717) is 59.6 Å². The fourth-order valence-corrected chi connectivity index (χ4v) is 6.65. The summed E-state index contributed by atoms with van der Waals surface area (Å²) < 4.78 is 9.38. The van der Waals surface area contributed by atoms with Crippen molar-refractivity contribution in [3.05, 3.63) is 186 Å². The van der Waals surface area contributed by atoms with Crippen LogP contribution in [0.1, 0.15) is 69.2 Å². The van der Waals surface area contributed by atoms with Gasteiger partial charge in [0.15, 0.2) is 11.6 Å². The summed E-state index contributed by atoms with van der Waals surface area (Å²) in [6.45, 7) is 6.08. The number of esters is 2. The van der Waals surface area contributed by atoms with Gasteiger partial charge in [0.1, 0.15) is 0 Å². The van der Waals surface area contributed by atoms with Crippen LogP contribution in [0, 0.1) is 20.8 Å². The van der Waals surface area contributed by atoms with Crippen molar-refractivity contribution in [2.75, 3.05) is 14.2 Å². The Morgan fingerprint density at radius 3 is 1.28 bits per heavy atom. The molecule has 0 amide bonds. The second-order valence-corrected chi connectivity index (χ2v) is 13.9. The molecule has 54 heavy (non-hydrogen) atoms. The quantitative estimate of drug-likeness (QED) is 0.113. The SMILES string of the molecule is COC(=O)c1ccc(C(=O)c2cc(C)ccc2-c2cc(C)cc(C)c2)cc1.COC(=O)c1ccc(C(=O)c2cc(Cl)ccc2-c2cc(Cl)cc(Cl)c2)cc1. The highest BCUT2D eigenvalue weighted by Gasteiger charge is 2.19. The van der Waals surface area contributed by atoms with Crippen LogP contribution >= 0.6 is 34.8 Å². The lowest BCUT2D eigenvalue weighted by molar-refractivity contribution is 0.0592. The number of halogens is 3. The number of aryl methyl sites for hydroxylation is 3. The van der Waals surface area contributed by atoms with Gasteiger partial charge in [-0.15, -0.1) is 0 Å². The molecule has 0 aliphatic heterocycles. The van der Waals surface area contributed by atoms with Gasteiger partial charge in [0.05, 0.1) is 25.3 Å². The number of rotatable bonds is 8. The minimum Gasteiger partial charge on any atom is -0.465 e. The normalized spacial score (nSPS) is 10.5. The summed E-state index contributed by atoms with van der Waals surface area (Å²) in [6.07, 6.45) is 0. The van der Waals surface area contributed by atoms with Gasteiger partial charge >= 0.3 is 11.9 Å². The molecular weight excluding hydrogens is 743 g/mol. The summed E-state index contributed by atoms with van der Waals surface area (Å²) in [7, 11) is 2.64. The van der Waals surface area contributed by atoms with E-state index in [9.17, 15) is 19.2 Å². The molecular formula is C45H35Cl3O6. The van der Waals surface area contributed by atoms with Crippen LogP contribution in [0.3, 0.4) is 0 Å². The van der Waals surface area contributed by atoms with E-state index >= 15 is 0 Å². The molecule has 0 unspecified atom stereocenters. The summed E-state index contributed by atoms with van der Waals surface area (Å²) >= 11 is 18.3. The maximum absolute atomic E-state index is 13.2. The topological polar surface area (TPSA) is 86.7 Å². The molecule has 6 aromatic rings. The van der Waals surface area contributed by atoms with Gasteiger partial charge in [0.2, 0.25) is 0 Å². The first-order chi connectivity index (χ1) is 25.8. The maximum atomic E-state index is 13.2. The van der Waals surface area contributed by atoms with Crippen molar-refractivity contribution in [1.29, 1.82) is 0 Å². The summed E-state index contributed by atoms with van der Waals surface area (Å²) in [5.74, 6) is -1.18. The molecule has 6 nitrogen and oxygen atoms in total. The Labute approximate surface area is 329 Å². The third kappa shape index (κ3) is 9.52. The molecule has 0 aliphatic rings. The van der Waals surface area contributed by atoms with Crippen LogP contribution in [-0.2, 0) is 9.47 Å². The van der Waals surface area contributed by atoms with Gasteiger partial charge in [-0.05, 0) is 104 Å². The molecule has 0 N–H and O–H groups in total. The van der Waals surface area contributed by atoms with Gasteiger partial charge in [-0.2, -0.15) is 0 Å². The van der Waals surface area contributed by atoms with Crippen molar-refractivity contribution in [3.63, 3.8) is 0 Å². The smallest absolute Gasteiger partial charge is 0.337 e. The van der Waals surface area contributed by atoms with Crippen LogP contribution in [0.15, 0.2) is 121 Å². The zero-order valence-corrected chi connectivity index (χ0v) is 32.4. The highest BCUT2D eigenvalue weighted by molar-refractivity contribution is 6.35. The van der Waals surface area contributed by atoms with E-state index in [1.54, 1.807) is 84.9 Å². The monoisotopic (exact) mass is 776 g/mol. The number of benzene rings is 6. The Kier molecular flexibility index (Phi) is 12.9. The predicted octanol–water partition coefficient (Wildman–Crippen LogP) is 11.6. The van der Waals surface area contributed by atoms with Crippen LogP contribution in [-0.4, -0.2) is 37.7 Å². The first-order valence-corrected chi connectivity index (χ1v) is 17.8. The summed E-state index contributed by atoms with van der Waals surface area (Å²) in [6, 6.07) is 35.2. The molecule has 9 heteroatoms. The third-order valence-corrected chi connectivity index (χ3v) is 9.16. The highest BCUT2D eigenvalue weighted by atomic mass is 35.5. The fourth-order valence-electron chi connectivity index (χ4n) is 5.96. The Morgan fingerprint density at radius 2 is 0.815 bits per heavy atom. The number of hydrogen-bond donors (Lipinski definition) is 0. The van der Waals surface area contributed by atoms with E-state index < -0.39 is 11.9 Å². The number of methoxy groups -OCH3 is 2. The van der Waals surface area contributed by atoms with Crippen molar-refractivity contribution >= 4 is 58.3 Å². The van der Waals surface area contributed by atoms with Crippen molar-refractivity contribution in [2.45, 2.75) is 20.8 Å². The Bertz CT molecular complexity index is 2170. The lowest BCUT2D eigenvalue weighted by Crippen LogP contribution is -2.06. The van der Waals surface area contributed by atoms with Gasteiger partial charge < -0.3 is 9.47 Å². The predicted molar refractivity (Wildman–Crippen MR) is 215 cm³/mol. The van der Waals surface area contributed by atoms with E-state index in [1.807, 2.05) is 25.1 Å². The molecule has 0 bridgehead atoms. The van der Waals surface area contributed by atoms with Crippen LogP contribution in [0.2, 0.25) is 15.1 Å². The van der Waals surface area contributed by atoms with Crippen LogP contribution in [0.4, 0.5) is 0 Å². The second kappa shape index (κ2) is 17.5. The number of carbonyl (C=O) groups excluding carboxylic acids is 4. The average molecular weight is 778 g/mol. The number of ketones is 2. The van der Waals surface area contributed by atoms with Crippen molar-refractivity contribution in [3.8, 4) is 22.3 Å². The zero-order chi connectivity index (χ0) is 39.1. The van der Waals surface area contributed by atoms with Crippen LogP contribution < -0.4 is 0 Å². The molecule has 0 atom stereocenters. The standard InChI is InChI=1S/C24H22O3.C21H13Cl3O3/c1-15-5-10-21(20-12-16(2)11-17(3)13-20)22(14-15)23(25)18-6-8-19(9-7-18)24(26)27-4;1-27-21(26)13-4-2-12(3-5-13)20(25)19-11-15(22)6-7-18(19)14-8-16(23)10-17(24)9-14/h5-14H,1-4H3;2-11H,1H3. The Hall–Kier alpha value is -5.53. The molecule has 0 fully saturated rings. The molecule has 0 aromatic heterocycles. The number of hydrogen-bond acceptors (Lipinski definition) is 6. The second-order valence-electron chi connectivity index (χ2n) is 12.6. The molecule has 0 heterocycles. The first-order valence-electron chi connectivity index (χ1n) is 16.7. The summed E-state index contributed by atoms with van der Waals surface area (Å²) in [5.41, 5.74) is 9.46. The van der Waals surface area contributed by atoms with Crippen molar-refractivity contribution in [2.24, 2.45) is 0 Å². The summed E-state index contributed by atoms with van der Waals surface area (Å²) in [5, 5.41) is 1.36. The van der Waals surface area contributed by atoms with E-state index in [-0.39, 0.29) is 11.6 Å². The van der Waals surface area contributed by atoms with Gasteiger partial charge in [0.25, 0.3) is 0 Å². The largest absolute Gasteiger partial charge is 0.465 e. The van der Waals surface area contributed by atoms with Gasteiger partial charge in [0, 0.05) is 37.3 Å². The molecule has 0 saturated carbocycles. The van der Waals surface area contributed by atoms with E-state index in [4.69, 9.17) is 39.5 Å². The lowest BCUT2D eigenvalue weighted by Gasteiger charge is -2.12. The molecule has 272 valence electrons. The highest BCUT2D eigenvalue weighted by Crippen LogP contribution is 2.33. The first kappa shape index (κ1) is 39.7. The van der Waals surface area contributed by atoms with Crippen LogP contribution in [0.25, 0.3) is 22.3 Å². The van der Waals surface area contributed by atoms with Gasteiger partial charge in [-0.25, -0.2) is 9.59 Å². The number of ether oxygens (including phenoxy) is 2. The minimum absolute atomic E-state index is 0.0655. The average Bonchev–Trinajstić information content (AvgIpc) is 3.16. The Morgan fingerprint density at radius 1 is 0.407 bits per heavy atom. The van der Waals surface area contributed by atoms with Crippen molar-refractivity contribution in [1.82, 2.24) is 0 Å². The molecule has 0 aliphatic carbocycles. The Balaban J connectivity index is 0.000000208. The summed E-state index contributed by atoms with van der Waals surface area (Å²) in [4.78, 5) is 49.4. The maximum Gasteiger partial charge on any atom is 0.337 e. The van der Waals surface area contributed by atoms with E-state index in [0.717, 1.165) is 27.8 Å². The molecule has 0 saturated heterocycles. The van der Waals surface area contributed by atoms with Crippen LogP contribution in [0.5, 0.6) is 0 Å². The van der Waals surface area contributed by atoms with Gasteiger partial charge in [-0.3, -0.25) is 9.59 Å².